The van der Waals surface area contributed by atoms with Gasteiger partial charge in [0.25, 0.3) is 6.71 Å². The predicted molar refractivity (Wildman–Crippen MR) is 249 cm³/mol. The standard InChI is InChI=1S/C54H43BN4/c1-54(2,3)42-32-49-51-50(33-42)59(35-37-16-8-5-9-17-37)48-25-23-41(53-44-21-13-11-19-39(44)27-29-57-53)31-46(48)55(51)45-30-40(52-43-20-12-10-18-38(43)26-28-56-52)22-24-47(45)58(49)34-36-14-6-4-7-15-36/h4-33H,34-35H2,1-3H3. The van der Waals surface area contributed by atoms with Crippen LogP contribution in [0.25, 0.3) is 44.1 Å². The summed E-state index contributed by atoms with van der Waals surface area (Å²) in [7, 11) is 0. The highest BCUT2D eigenvalue weighted by molar-refractivity contribution is 7.00. The van der Waals surface area contributed by atoms with Gasteiger partial charge >= 0.3 is 0 Å². The fourth-order valence-electron chi connectivity index (χ4n) is 9.47. The Morgan fingerprint density at radius 1 is 0.458 bits per heavy atom. The minimum Gasteiger partial charge on any atom is -0.338 e. The Labute approximate surface area is 346 Å². The fraction of sp³-hybridized carbons (Fsp3) is 0.111. The van der Waals surface area contributed by atoms with Crippen molar-refractivity contribution in [3.05, 3.63) is 199 Å². The monoisotopic (exact) mass is 758 g/mol. The minimum atomic E-state index is -0.0772. The third-order valence-electron chi connectivity index (χ3n) is 12.4. The number of hydrogen-bond donors (Lipinski definition) is 0. The molecule has 7 aromatic carbocycles. The van der Waals surface area contributed by atoms with E-state index in [1.165, 1.54) is 66.6 Å². The number of pyridine rings is 2. The molecule has 0 amide bonds. The summed E-state index contributed by atoms with van der Waals surface area (Å²) in [5, 5.41) is 4.69. The van der Waals surface area contributed by atoms with Crippen molar-refractivity contribution in [3.8, 4) is 22.5 Å². The van der Waals surface area contributed by atoms with Gasteiger partial charge < -0.3 is 9.80 Å². The molecule has 0 fully saturated rings. The molecule has 11 rings (SSSR count). The number of nitrogens with zero attached hydrogens (tertiary/aromatic N) is 4. The second-order valence-corrected chi connectivity index (χ2v) is 17.1. The summed E-state index contributed by atoms with van der Waals surface area (Å²) in [6.45, 7) is 8.46. The maximum absolute atomic E-state index is 5.03. The SMILES string of the molecule is CC(C)(C)c1cc2c3c(c1)N(Cc1ccccc1)c1ccc(-c4nccc5ccccc45)cc1B3c1cc(-c3nccc4ccccc34)ccc1N2Cc1ccccc1. The molecule has 282 valence electrons. The smallest absolute Gasteiger partial charge is 0.252 e. The number of benzene rings is 7. The topological polar surface area (TPSA) is 32.3 Å². The third-order valence-corrected chi connectivity index (χ3v) is 12.4. The lowest BCUT2D eigenvalue weighted by atomic mass is 9.33. The second-order valence-electron chi connectivity index (χ2n) is 17.1. The maximum Gasteiger partial charge on any atom is 0.252 e. The van der Waals surface area contributed by atoms with E-state index in [1.807, 2.05) is 12.4 Å². The molecule has 4 heterocycles. The number of hydrogen-bond acceptors (Lipinski definition) is 4. The highest BCUT2D eigenvalue weighted by Gasteiger charge is 2.43. The van der Waals surface area contributed by atoms with Gasteiger partial charge in [0.2, 0.25) is 0 Å². The summed E-state index contributed by atoms with van der Waals surface area (Å²) in [6.07, 6.45) is 3.89. The summed E-state index contributed by atoms with van der Waals surface area (Å²) < 4.78 is 0. The van der Waals surface area contributed by atoms with Crippen LogP contribution in [0.5, 0.6) is 0 Å². The molecule has 0 atom stereocenters. The summed E-state index contributed by atoms with van der Waals surface area (Å²) in [5.74, 6) is 0. The second kappa shape index (κ2) is 13.8. The van der Waals surface area contributed by atoms with E-state index in [0.717, 1.165) is 46.4 Å². The Balaban J connectivity index is 1.22. The average Bonchev–Trinajstić information content (AvgIpc) is 3.27. The first-order valence-electron chi connectivity index (χ1n) is 20.7. The highest BCUT2D eigenvalue weighted by Crippen LogP contribution is 2.43. The van der Waals surface area contributed by atoms with Crippen molar-refractivity contribution in [2.24, 2.45) is 0 Å². The van der Waals surface area contributed by atoms with E-state index in [-0.39, 0.29) is 12.1 Å². The summed E-state index contributed by atoms with van der Waals surface area (Å²) in [5.41, 5.74) is 16.9. The molecule has 4 nitrogen and oxygen atoms in total. The first kappa shape index (κ1) is 35.2. The number of anilines is 4. The first-order valence-corrected chi connectivity index (χ1v) is 20.7. The molecule has 9 aromatic rings. The van der Waals surface area contributed by atoms with Crippen molar-refractivity contribution in [3.63, 3.8) is 0 Å². The first-order chi connectivity index (χ1) is 28.9. The van der Waals surface area contributed by atoms with Crippen molar-refractivity contribution in [2.75, 3.05) is 9.80 Å². The third kappa shape index (κ3) is 6.00. The van der Waals surface area contributed by atoms with Crippen molar-refractivity contribution >= 4 is 67.4 Å². The summed E-state index contributed by atoms with van der Waals surface area (Å²) in [6, 6.07) is 62.4. The van der Waals surface area contributed by atoms with Gasteiger partial charge in [-0.25, -0.2) is 0 Å². The van der Waals surface area contributed by atoms with E-state index in [9.17, 15) is 0 Å². The molecular weight excluding hydrogens is 715 g/mol. The van der Waals surface area contributed by atoms with E-state index in [1.54, 1.807) is 0 Å². The summed E-state index contributed by atoms with van der Waals surface area (Å²) >= 11 is 0. The predicted octanol–water partition coefficient (Wildman–Crippen LogP) is 11.2. The number of rotatable bonds is 6. The lowest BCUT2D eigenvalue weighted by Crippen LogP contribution is -2.62. The molecule has 0 saturated heterocycles. The van der Waals surface area contributed by atoms with E-state index >= 15 is 0 Å². The van der Waals surface area contributed by atoms with Crippen LogP contribution in [-0.2, 0) is 18.5 Å². The van der Waals surface area contributed by atoms with Gasteiger partial charge in [-0.05, 0) is 85.7 Å². The largest absolute Gasteiger partial charge is 0.338 e. The van der Waals surface area contributed by atoms with Crippen molar-refractivity contribution in [1.29, 1.82) is 0 Å². The molecular formula is C54H43BN4. The molecule has 0 radical (unpaired) electrons. The normalized spacial score (nSPS) is 13.0. The van der Waals surface area contributed by atoms with Crippen LogP contribution in [0.3, 0.4) is 0 Å². The maximum atomic E-state index is 5.03. The molecule has 2 aliphatic rings. The van der Waals surface area contributed by atoms with Gasteiger partial charge in [-0.2, -0.15) is 0 Å². The quantitative estimate of drug-likeness (QED) is 0.158. The number of aromatic nitrogens is 2. The molecule has 59 heavy (non-hydrogen) atoms. The van der Waals surface area contributed by atoms with Crippen LogP contribution < -0.4 is 26.2 Å². The van der Waals surface area contributed by atoms with Crippen molar-refractivity contribution < 1.29 is 0 Å². The van der Waals surface area contributed by atoms with Gasteiger partial charge in [-0.3, -0.25) is 9.97 Å². The van der Waals surface area contributed by atoms with Crippen LogP contribution in [0.2, 0.25) is 0 Å². The van der Waals surface area contributed by atoms with Crippen LogP contribution in [0.4, 0.5) is 22.7 Å². The zero-order chi connectivity index (χ0) is 39.7. The van der Waals surface area contributed by atoms with Crippen LogP contribution in [0.1, 0.15) is 37.5 Å². The Hall–Kier alpha value is -6.98. The Kier molecular flexibility index (Phi) is 8.26. The van der Waals surface area contributed by atoms with E-state index in [0.29, 0.717) is 0 Å². The van der Waals surface area contributed by atoms with Crippen LogP contribution >= 0.6 is 0 Å². The molecule has 0 N–H and O–H groups in total. The van der Waals surface area contributed by atoms with Gasteiger partial charge in [0.05, 0.1) is 11.4 Å². The molecule has 0 bridgehead atoms. The minimum absolute atomic E-state index is 0.0390. The molecule has 0 saturated carbocycles. The zero-order valence-electron chi connectivity index (χ0n) is 33.6. The molecule has 2 aromatic heterocycles. The summed E-state index contributed by atoms with van der Waals surface area (Å²) in [4.78, 5) is 15.2. The van der Waals surface area contributed by atoms with Crippen LogP contribution in [0.15, 0.2) is 182 Å². The van der Waals surface area contributed by atoms with Gasteiger partial charge in [-0.1, -0.05) is 154 Å². The molecule has 0 aliphatic carbocycles. The highest BCUT2D eigenvalue weighted by atomic mass is 15.2. The Morgan fingerprint density at radius 2 is 0.898 bits per heavy atom. The number of fused-ring (bicyclic) bond motifs is 6. The lowest BCUT2D eigenvalue weighted by molar-refractivity contribution is 0.590. The Morgan fingerprint density at radius 3 is 1.36 bits per heavy atom. The fourth-order valence-corrected chi connectivity index (χ4v) is 9.47. The van der Waals surface area contributed by atoms with Crippen LogP contribution in [0, 0.1) is 0 Å². The van der Waals surface area contributed by atoms with Crippen molar-refractivity contribution in [2.45, 2.75) is 39.3 Å². The van der Waals surface area contributed by atoms with Gasteiger partial charge in [-0.15, -0.1) is 0 Å². The molecule has 5 heteroatoms. The van der Waals surface area contributed by atoms with E-state index in [4.69, 9.17) is 9.97 Å². The zero-order valence-corrected chi connectivity index (χ0v) is 33.6. The molecule has 0 unspecified atom stereocenters. The van der Waals surface area contributed by atoms with Crippen LogP contribution in [-0.4, -0.2) is 16.7 Å². The van der Waals surface area contributed by atoms with E-state index < -0.39 is 0 Å². The average molecular weight is 759 g/mol. The lowest BCUT2D eigenvalue weighted by Gasteiger charge is -2.45. The Bertz CT molecular complexity index is 2850. The molecule has 2 aliphatic heterocycles. The van der Waals surface area contributed by atoms with Gasteiger partial charge in [0, 0.05) is 70.1 Å². The van der Waals surface area contributed by atoms with E-state index in [2.05, 4.69) is 200 Å². The van der Waals surface area contributed by atoms with Crippen molar-refractivity contribution in [1.82, 2.24) is 9.97 Å². The van der Waals surface area contributed by atoms with Gasteiger partial charge in [0.1, 0.15) is 0 Å². The van der Waals surface area contributed by atoms with Gasteiger partial charge in [0.15, 0.2) is 0 Å². The molecule has 0 spiro atoms.